The number of aliphatic carboxylic acids is 1. The monoisotopic (exact) mass is 850 g/mol. The van der Waals surface area contributed by atoms with Crippen LogP contribution in [0.2, 0.25) is 0 Å². The smallest absolute Gasteiger partial charge is 0.472 e. The van der Waals surface area contributed by atoms with Crippen molar-refractivity contribution < 1.29 is 52.2 Å². The van der Waals surface area contributed by atoms with E-state index in [1.165, 1.54) is 38.5 Å². The van der Waals surface area contributed by atoms with Gasteiger partial charge >= 0.3 is 25.7 Å². The second-order valence-electron chi connectivity index (χ2n) is 14.9. The lowest BCUT2D eigenvalue weighted by atomic mass is 10.1. The van der Waals surface area contributed by atoms with Crippen LogP contribution in [0.25, 0.3) is 0 Å². The fourth-order valence-corrected chi connectivity index (χ4v) is 6.47. The molecule has 0 aromatic carbocycles. The van der Waals surface area contributed by atoms with Crippen molar-refractivity contribution in [2.45, 2.75) is 179 Å². The minimum Gasteiger partial charge on any atom is -0.480 e. The van der Waals surface area contributed by atoms with Gasteiger partial charge in [0.2, 0.25) is 0 Å². The van der Waals surface area contributed by atoms with Gasteiger partial charge in [-0.1, -0.05) is 125 Å². The number of carbonyl (C=O) groups excluding carboxylic acids is 2. The highest BCUT2D eigenvalue weighted by molar-refractivity contribution is 7.47. The van der Waals surface area contributed by atoms with Crippen molar-refractivity contribution in [3.05, 3.63) is 72.9 Å². The summed E-state index contributed by atoms with van der Waals surface area (Å²) in [6, 6.07) is -1.54. The van der Waals surface area contributed by atoms with Crippen LogP contribution in [0.1, 0.15) is 155 Å². The van der Waals surface area contributed by atoms with Crippen molar-refractivity contribution in [2.75, 3.05) is 19.8 Å². The molecule has 3 unspecified atom stereocenters. The zero-order chi connectivity index (χ0) is 43.2. The van der Waals surface area contributed by atoms with E-state index in [9.17, 15) is 23.8 Å². The minimum absolute atomic E-state index is 0.116. The predicted octanol–water partition coefficient (Wildman–Crippen LogP) is 10.7. The highest BCUT2D eigenvalue weighted by Crippen LogP contribution is 2.43. The first-order valence-electron chi connectivity index (χ1n) is 22.1. The molecule has 0 bridgehead atoms. The van der Waals surface area contributed by atoms with Crippen molar-refractivity contribution >= 4 is 25.7 Å². The third-order valence-corrected chi connectivity index (χ3v) is 10.3. The molecule has 336 valence electrons. The highest BCUT2D eigenvalue weighted by Gasteiger charge is 2.36. The molecule has 0 saturated carbocycles. The molecule has 5 atom stereocenters. The van der Waals surface area contributed by atoms with E-state index in [-0.39, 0.29) is 25.0 Å². The zero-order valence-electron chi connectivity index (χ0n) is 36.0. The normalized spacial score (nSPS) is 17.8. The van der Waals surface area contributed by atoms with Gasteiger partial charge in [0.1, 0.15) is 12.6 Å². The van der Waals surface area contributed by atoms with E-state index in [1.807, 2.05) is 6.08 Å². The van der Waals surface area contributed by atoms with Crippen LogP contribution >= 0.6 is 7.82 Å². The Kier molecular flexibility index (Phi) is 33.5. The number of allylic oxidation sites excluding steroid dienone is 10. The Morgan fingerprint density at radius 3 is 1.64 bits per heavy atom. The van der Waals surface area contributed by atoms with E-state index in [4.69, 9.17) is 29.6 Å². The standard InChI is InChI=1S/C46H76NO11P/c1-3-5-7-9-11-13-14-15-16-17-18-19-20-22-24-26-32-36-45(49)57-40(38-55-59(52,53)56-39-41(47)46(50)51)37-54-44(48)35-31-28-27-30-34-43-42(58-43)33-29-25-23-21-12-10-8-6-4-2/h11-13,15-16,18-19,21,25,27,29-30,40-43H,3-10,14,17,20,22-24,26,28,31-39,47H2,1-2H3,(H,50,51)(H,52,53)/b13-11-,16-15-,19-18-,21-12-,29-25-,30-27-/t40-,41+,42?,43?/m1/s1. The average Bonchev–Trinajstić information content (AvgIpc) is 3.97. The molecule has 59 heavy (non-hydrogen) atoms. The molecule has 1 aliphatic rings. The van der Waals surface area contributed by atoms with Crippen LogP contribution in [0.4, 0.5) is 0 Å². The number of unbranched alkanes of at least 4 members (excludes halogenated alkanes) is 11. The first-order chi connectivity index (χ1) is 28.6. The Hall–Kier alpha value is -3.12. The molecule has 1 aliphatic heterocycles. The maximum atomic E-state index is 12.6. The van der Waals surface area contributed by atoms with Gasteiger partial charge in [0.15, 0.2) is 6.10 Å². The van der Waals surface area contributed by atoms with Crippen LogP contribution in [-0.2, 0) is 42.2 Å². The molecule has 1 heterocycles. The van der Waals surface area contributed by atoms with Crippen LogP contribution in [-0.4, -0.2) is 72.1 Å². The number of carbonyl (C=O) groups is 3. The Labute approximate surface area is 355 Å². The number of epoxide rings is 1. The topological polar surface area (TPSA) is 184 Å². The van der Waals surface area contributed by atoms with E-state index >= 15 is 0 Å². The van der Waals surface area contributed by atoms with Gasteiger partial charge in [-0.2, -0.15) is 0 Å². The number of esters is 2. The number of rotatable bonds is 39. The zero-order valence-corrected chi connectivity index (χ0v) is 36.9. The minimum atomic E-state index is -4.75. The summed E-state index contributed by atoms with van der Waals surface area (Å²) in [5.41, 5.74) is 5.33. The number of hydrogen-bond donors (Lipinski definition) is 3. The number of carboxylic acids is 1. The largest absolute Gasteiger partial charge is 0.480 e. The summed E-state index contributed by atoms with van der Waals surface area (Å²) in [4.78, 5) is 46.0. The Bertz CT molecular complexity index is 1340. The lowest BCUT2D eigenvalue weighted by Gasteiger charge is -2.20. The van der Waals surface area contributed by atoms with Crippen LogP contribution in [0.3, 0.4) is 0 Å². The van der Waals surface area contributed by atoms with E-state index in [0.717, 1.165) is 70.6 Å². The van der Waals surface area contributed by atoms with E-state index in [2.05, 4.69) is 85.2 Å². The molecule has 1 fully saturated rings. The van der Waals surface area contributed by atoms with Gasteiger partial charge in [0.25, 0.3) is 0 Å². The highest BCUT2D eigenvalue weighted by atomic mass is 31.2. The molecule has 0 aromatic heterocycles. The van der Waals surface area contributed by atoms with Gasteiger partial charge in [-0.15, -0.1) is 0 Å². The van der Waals surface area contributed by atoms with E-state index in [0.29, 0.717) is 19.3 Å². The molecule has 0 aliphatic carbocycles. The molecule has 0 aromatic rings. The molecule has 13 heteroatoms. The molecular formula is C46H76NO11P. The molecular weight excluding hydrogens is 773 g/mol. The second kappa shape index (κ2) is 36.7. The summed E-state index contributed by atoms with van der Waals surface area (Å²) in [6.45, 7) is 2.64. The molecule has 0 amide bonds. The summed E-state index contributed by atoms with van der Waals surface area (Å²) in [5, 5.41) is 8.90. The Morgan fingerprint density at radius 1 is 0.610 bits per heavy atom. The van der Waals surface area contributed by atoms with Gasteiger partial charge in [0.05, 0.1) is 25.4 Å². The van der Waals surface area contributed by atoms with Crippen LogP contribution in [0, 0.1) is 0 Å². The fourth-order valence-electron chi connectivity index (χ4n) is 5.69. The molecule has 4 N–H and O–H groups in total. The number of nitrogens with two attached hydrogens (primary N) is 1. The van der Waals surface area contributed by atoms with Gasteiger partial charge in [-0.05, 0) is 89.9 Å². The summed E-state index contributed by atoms with van der Waals surface area (Å²) in [6.07, 6.45) is 45.6. The second-order valence-corrected chi connectivity index (χ2v) is 16.3. The molecule has 12 nitrogen and oxygen atoms in total. The molecule has 1 saturated heterocycles. The Balaban J connectivity index is 2.35. The average molecular weight is 850 g/mol. The molecule has 0 spiro atoms. The molecule has 1 rings (SSSR count). The third-order valence-electron chi connectivity index (χ3n) is 9.33. The number of carboxylic acid groups (broad SMARTS) is 1. The van der Waals surface area contributed by atoms with Crippen LogP contribution in [0.15, 0.2) is 72.9 Å². The van der Waals surface area contributed by atoms with Gasteiger partial charge in [-0.3, -0.25) is 23.4 Å². The summed E-state index contributed by atoms with van der Waals surface area (Å²) in [5.74, 6) is -2.50. The van der Waals surface area contributed by atoms with Crippen molar-refractivity contribution in [3.63, 3.8) is 0 Å². The summed E-state index contributed by atoms with van der Waals surface area (Å²) >= 11 is 0. The third kappa shape index (κ3) is 34.3. The van der Waals surface area contributed by atoms with Crippen LogP contribution in [0.5, 0.6) is 0 Å². The van der Waals surface area contributed by atoms with E-state index < -0.39 is 57.7 Å². The van der Waals surface area contributed by atoms with Crippen molar-refractivity contribution in [1.29, 1.82) is 0 Å². The number of hydrogen-bond acceptors (Lipinski definition) is 10. The van der Waals surface area contributed by atoms with Gasteiger partial charge in [-0.25, -0.2) is 4.57 Å². The number of ether oxygens (including phenoxy) is 3. The van der Waals surface area contributed by atoms with Gasteiger partial charge in [0, 0.05) is 12.8 Å². The lowest BCUT2D eigenvalue weighted by molar-refractivity contribution is -0.161. The first kappa shape index (κ1) is 53.9. The van der Waals surface area contributed by atoms with Crippen molar-refractivity contribution in [2.24, 2.45) is 5.73 Å². The fraction of sp³-hybridized carbons (Fsp3) is 0.674. The number of phosphoric acid groups is 1. The first-order valence-corrected chi connectivity index (χ1v) is 23.6. The van der Waals surface area contributed by atoms with Crippen molar-refractivity contribution in [3.8, 4) is 0 Å². The summed E-state index contributed by atoms with van der Waals surface area (Å²) in [7, 11) is -4.75. The quantitative estimate of drug-likeness (QED) is 0.0175. The summed E-state index contributed by atoms with van der Waals surface area (Å²) < 4.78 is 38.4. The molecule has 0 radical (unpaired) electrons. The van der Waals surface area contributed by atoms with Crippen LogP contribution < -0.4 is 5.73 Å². The predicted molar refractivity (Wildman–Crippen MR) is 235 cm³/mol. The van der Waals surface area contributed by atoms with Crippen molar-refractivity contribution in [1.82, 2.24) is 0 Å². The van der Waals surface area contributed by atoms with E-state index in [1.54, 1.807) is 0 Å². The lowest BCUT2D eigenvalue weighted by Crippen LogP contribution is -2.34. The maximum Gasteiger partial charge on any atom is 0.472 e. The Morgan fingerprint density at radius 2 is 1.07 bits per heavy atom. The maximum absolute atomic E-state index is 12.6. The van der Waals surface area contributed by atoms with Gasteiger partial charge < -0.3 is 29.9 Å². The number of phosphoric ester groups is 1. The SMILES string of the molecule is CCCCC/C=C\C/C=C\C/C=C\CCCCCCC(=O)O[C@H](COC(=O)CCC/C=C\CC1OC1C/C=C\C/C=C\CCCCC)COP(=O)(O)OC[C@H](N)C(=O)O.